The van der Waals surface area contributed by atoms with E-state index in [9.17, 15) is 14.0 Å². The van der Waals surface area contributed by atoms with Crippen molar-refractivity contribution in [3.05, 3.63) is 142 Å². The predicted molar refractivity (Wildman–Crippen MR) is 175 cm³/mol. The third-order valence-corrected chi connectivity index (χ3v) is 8.42. The van der Waals surface area contributed by atoms with Gasteiger partial charge >= 0.3 is 0 Å². The zero-order valence-corrected chi connectivity index (χ0v) is 25.6. The van der Waals surface area contributed by atoms with Crippen molar-refractivity contribution in [3.8, 4) is 16.9 Å². The fourth-order valence-corrected chi connectivity index (χ4v) is 5.91. The number of para-hydroxylation sites is 1. The Balaban J connectivity index is 1.20. The molecule has 2 amide bonds. The summed E-state index contributed by atoms with van der Waals surface area (Å²) >= 11 is 5.99. The molecule has 0 bridgehead atoms. The van der Waals surface area contributed by atoms with E-state index in [0.717, 1.165) is 33.5 Å². The maximum atomic E-state index is 13.8. The van der Waals surface area contributed by atoms with Gasteiger partial charge in [-0.1, -0.05) is 72.3 Å². The summed E-state index contributed by atoms with van der Waals surface area (Å²) in [6.07, 6.45) is 5.02. The number of aromatic nitrogens is 2. The average molecular weight is 638 g/mol. The lowest BCUT2D eigenvalue weighted by atomic mass is 9.94. The van der Waals surface area contributed by atoms with Crippen molar-refractivity contribution in [2.24, 2.45) is 5.73 Å². The normalized spacial score (nSPS) is 15.3. The number of imidazole rings is 1. The monoisotopic (exact) mass is 637 g/mol. The highest BCUT2D eigenvalue weighted by Crippen LogP contribution is 2.37. The summed E-state index contributed by atoms with van der Waals surface area (Å²) < 4.78 is 19.8. The number of carbonyl (C=O) groups excluding carboxylic acids is 2. The summed E-state index contributed by atoms with van der Waals surface area (Å²) in [6.45, 7) is 0.400. The van der Waals surface area contributed by atoms with Crippen molar-refractivity contribution in [1.29, 1.82) is 0 Å². The molecule has 0 fully saturated rings. The Hall–Kier alpha value is -4.99. The molecule has 0 radical (unpaired) electrons. The van der Waals surface area contributed by atoms with Crippen LogP contribution in [-0.4, -0.2) is 34.4 Å². The van der Waals surface area contributed by atoms with E-state index >= 15 is 0 Å². The van der Waals surface area contributed by atoms with Crippen LogP contribution in [0.3, 0.4) is 0 Å². The Labute approximate surface area is 271 Å². The van der Waals surface area contributed by atoms with Crippen LogP contribution >= 0.6 is 11.6 Å². The van der Waals surface area contributed by atoms with E-state index in [4.69, 9.17) is 22.1 Å². The summed E-state index contributed by atoms with van der Waals surface area (Å²) in [7, 11) is 0. The number of aromatic amines is 1. The molecule has 6 rings (SSSR count). The molecule has 4 aromatic carbocycles. The Morgan fingerprint density at radius 2 is 1.72 bits per heavy atom. The number of amides is 2. The Bertz CT molecular complexity index is 1810. The van der Waals surface area contributed by atoms with Crippen LogP contribution in [0.5, 0.6) is 5.75 Å². The molecule has 234 valence electrons. The van der Waals surface area contributed by atoms with Gasteiger partial charge in [0, 0.05) is 35.7 Å². The van der Waals surface area contributed by atoms with Crippen LogP contribution in [0.25, 0.3) is 11.1 Å². The molecule has 1 aliphatic rings. The van der Waals surface area contributed by atoms with Gasteiger partial charge in [-0.05, 0) is 59.0 Å². The second kappa shape index (κ2) is 14.0. The number of ether oxygens (including phenoxy) is 1. The van der Waals surface area contributed by atoms with Crippen LogP contribution in [-0.2, 0) is 17.6 Å². The molecular formula is C36H33ClFN5O3. The number of benzene rings is 4. The number of fused-ring (bicyclic) bond motifs is 1. The number of nitrogens with zero attached hydrogens (tertiary/aromatic N) is 1. The van der Waals surface area contributed by atoms with Gasteiger partial charge in [-0.3, -0.25) is 9.59 Å². The van der Waals surface area contributed by atoms with Crippen molar-refractivity contribution in [3.63, 3.8) is 0 Å². The first kappa shape index (κ1) is 31.0. The van der Waals surface area contributed by atoms with E-state index in [2.05, 4.69) is 20.6 Å². The van der Waals surface area contributed by atoms with Crippen LogP contribution in [0.2, 0.25) is 5.02 Å². The molecule has 0 spiro atoms. The lowest BCUT2D eigenvalue weighted by Gasteiger charge is -2.31. The van der Waals surface area contributed by atoms with Gasteiger partial charge in [-0.15, -0.1) is 0 Å². The summed E-state index contributed by atoms with van der Waals surface area (Å²) in [5.41, 5.74) is 11.4. The molecule has 3 atom stereocenters. The van der Waals surface area contributed by atoms with Crippen LogP contribution in [0, 0.1) is 5.82 Å². The fraction of sp³-hybridized carbons (Fsp3) is 0.194. The molecule has 5 aromatic rings. The zero-order chi connectivity index (χ0) is 32.0. The Morgan fingerprint density at radius 3 is 2.43 bits per heavy atom. The minimum atomic E-state index is -0.917. The summed E-state index contributed by atoms with van der Waals surface area (Å²) in [6, 6.07) is 25.9. The van der Waals surface area contributed by atoms with Gasteiger partial charge in [-0.2, -0.15) is 0 Å². The van der Waals surface area contributed by atoms with E-state index in [1.165, 1.54) is 12.1 Å². The second-order valence-electron chi connectivity index (χ2n) is 11.3. The number of H-pyrrole nitrogens is 1. The second-order valence-corrected chi connectivity index (χ2v) is 11.7. The highest BCUT2D eigenvalue weighted by atomic mass is 35.5. The molecule has 46 heavy (non-hydrogen) atoms. The number of nitrogens with one attached hydrogen (secondary N) is 3. The Kier molecular flexibility index (Phi) is 9.42. The zero-order valence-electron chi connectivity index (χ0n) is 24.9. The van der Waals surface area contributed by atoms with E-state index in [1.807, 2.05) is 42.5 Å². The number of hydrogen-bond donors (Lipinski definition) is 4. The first-order valence-electron chi connectivity index (χ1n) is 15.0. The van der Waals surface area contributed by atoms with E-state index in [0.29, 0.717) is 35.8 Å². The topological polar surface area (TPSA) is 122 Å². The molecule has 1 aromatic heterocycles. The Morgan fingerprint density at radius 1 is 0.978 bits per heavy atom. The van der Waals surface area contributed by atoms with Crippen molar-refractivity contribution >= 4 is 23.4 Å². The molecule has 8 nitrogen and oxygen atoms in total. The number of primary amides is 1. The van der Waals surface area contributed by atoms with Crippen LogP contribution in [0.1, 0.15) is 51.2 Å². The summed E-state index contributed by atoms with van der Waals surface area (Å²) in [5.74, 6) is -0.881. The molecule has 0 saturated heterocycles. The first-order chi connectivity index (χ1) is 22.3. The van der Waals surface area contributed by atoms with Gasteiger partial charge in [0.25, 0.3) is 5.91 Å². The molecule has 2 heterocycles. The standard InChI is InChI=1S/C36H33ClFN5O3/c37-26-13-9-23(10-14-26)18-32(35(39)44)43-36(45)29-6-2-5-28-30(15-16-46-34(28)29)42-31(33-20-40-21-41-33)17-22-7-11-24(12-8-22)25-3-1-4-27(38)19-25/h1-14,19-21,30-32,42H,15-18H2,(H2,39,44)(H,40,41)(H,43,45)/t30?,31?,32-/m0/s1. The van der Waals surface area contributed by atoms with Crippen LogP contribution < -0.4 is 21.1 Å². The highest BCUT2D eigenvalue weighted by Gasteiger charge is 2.30. The van der Waals surface area contributed by atoms with Crippen LogP contribution in [0.15, 0.2) is 104 Å². The minimum absolute atomic E-state index is 0.127. The predicted octanol–water partition coefficient (Wildman–Crippen LogP) is 6.09. The quantitative estimate of drug-likeness (QED) is 0.140. The largest absolute Gasteiger partial charge is 0.492 e. The van der Waals surface area contributed by atoms with Gasteiger partial charge in [-0.25, -0.2) is 9.37 Å². The average Bonchev–Trinajstić information content (AvgIpc) is 3.60. The number of nitrogens with two attached hydrogens (primary N) is 1. The van der Waals surface area contributed by atoms with Gasteiger partial charge in [0.15, 0.2) is 0 Å². The number of halogens is 2. The maximum Gasteiger partial charge on any atom is 0.255 e. The van der Waals surface area contributed by atoms with Gasteiger partial charge < -0.3 is 26.1 Å². The van der Waals surface area contributed by atoms with Crippen molar-refractivity contribution in [2.75, 3.05) is 6.61 Å². The fourth-order valence-electron chi connectivity index (χ4n) is 5.79. The van der Waals surface area contributed by atoms with Gasteiger partial charge in [0.1, 0.15) is 17.6 Å². The lowest BCUT2D eigenvalue weighted by molar-refractivity contribution is -0.119. The number of hydrogen-bond acceptors (Lipinski definition) is 5. The highest BCUT2D eigenvalue weighted by molar-refractivity contribution is 6.30. The maximum absolute atomic E-state index is 13.8. The lowest BCUT2D eigenvalue weighted by Crippen LogP contribution is -2.46. The van der Waals surface area contributed by atoms with Crippen molar-refractivity contribution < 1.29 is 18.7 Å². The number of carbonyl (C=O) groups is 2. The molecule has 5 N–H and O–H groups in total. The molecule has 2 unspecified atom stereocenters. The smallest absolute Gasteiger partial charge is 0.255 e. The molecule has 0 saturated carbocycles. The summed E-state index contributed by atoms with van der Waals surface area (Å²) in [4.78, 5) is 33.3. The molecule has 0 aliphatic carbocycles. The van der Waals surface area contributed by atoms with E-state index in [-0.39, 0.29) is 24.3 Å². The third-order valence-electron chi connectivity index (χ3n) is 8.17. The van der Waals surface area contributed by atoms with Crippen molar-refractivity contribution in [1.82, 2.24) is 20.6 Å². The minimum Gasteiger partial charge on any atom is -0.492 e. The number of rotatable bonds is 11. The van der Waals surface area contributed by atoms with Gasteiger partial charge in [0.05, 0.1) is 30.2 Å². The van der Waals surface area contributed by atoms with Crippen molar-refractivity contribution in [2.45, 2.75) is 37.4 Å². The molecule has 1 aliphatic heterocycles. The van der Waals surface area contributed by atoms with E-state index < -0.39 is 17.9 Å². The molecule has 10 heteroatoms. The first-order valence-corrected chi connectivity index (χ1v) is 15.4. The summed E-state index contributed by atoms with van der Waals surface area (Å²) in [5, 5.41) is 7.13. The van der Waals surface area contributed by atoms with Gasteiger partial charge in [0.2, 0.25) is 5.91 Å². The molecular weight excluding hydrogens is 605 g/mol. The SMILES string of the molecule is NC(=O)[C@H](Cc1ccc(Cl)cc1)NC(=O)c1cccc2c1OCCC2NC(Cc1ccc(-c2cccc(F)c2)cc1)c1cnc[nH]1. The van der Waals surface area contributed by atoms with Crippen LogP contribution in [0.4, 0.5) is 4.39 Å². The van der Waals surface area contributed by atoms with E-state index in [1.54, 1.807) is 48.9 Å². The third kappa shape index (κ3) is 7.28.